The molecule has 0 aromatic carbocycles. The summed E-state index contributed by atoms with van der Waals surface area (Å²) in [4.78, 5) is 27.7. The molecule has 3 aromatic rings. The number of amides is 2. The number of fused-ring (bicyclic) bond motifs is 1. The minimum absolute atomic E-state index is 0.116. The number of carbonyl (C=O) groups is 2. The highest BCUT2D eigenvalue weighted by Crippen LogP contribution is 2.28. The summed E-state index contributed by atoms with van der Waals surface area (Å²) in [6.45, 7) is 12.3. The minimum Gasteiger partial charge on any atom is -0.394 e. The zero-order valence-corrected chi connectivity index (χ0v) is 22.6. The van der Waals surface area contributed by atoms with Gasteiger partial charge in [-0.15, -0.1) is 0 Å². The molecule has 4 atom stereocenters. The van der Waals surface area contributed by atoms with E-state index in [9.17, 15) is 19.8 Å². The number of carbonyl (C=O) groups excluding carboxylic acids is 2. The molecule has 202 valence electrons. The van der Waals surface area contributed by atoms with Gasteiger partial charge in [-0.1, -0.05) is 34.6 Å². The Labute approximate surface area is 218 Å². The zero-order chi connectivity index (χ0) is 27.3. The molecule has 4 rings (SSSR count). The Morgan fingerprint density at radius 2 is 1.81 bits per heavy atom. The van der Waals surface area contributed by atoms with Crippen molar-refractivity contribution in [2.45, 2.75) is 72.7 Å². The Balaban J connectivity index is 0.00000186. The molecule has 10 nitrogen and oxygen atoms in total. The van der Waals surface area contributed by atoms with E-state index in [4.69, 9.17) is 0 Å². The first-order chi connectivity index (χ1) is 17.8. The number of hydrogen-bond acceptors (Lipinski definition) is 6. The summed E-state index contributed by atoms with van der Waals surface area (Å²) >= 11 is 0. The third kappa shape index (κ3) is 5.70. The first-order valence-electron chi connectivity index (χ1n) is 13.1. The topological polar surface area (TPSA) is 125 Å². The Hall–Kier alpha value is -3.24. The second-order valence-electron chi connectivity index (χ2n) is 9.50. The predicted octanol–water partition coefficient (Wildman–Crippen LogP) is 2.65. The maximum absolute atomic E-state index is 13.3. The zero-order valence-electron chi connectivity index (χ0n) is 22.6. The number of β-amino-alcohol motifs (C(OH)–C–C–N with tert-alkyl or cyclic N) is 1. The SMILES string of the molecule is CC.CCn1nccc1-c1ccc(C(CO)NC(=O)C2CC(O)CN2C(=O)C(C)C(C)C)n2nccc12. The molecular weight excluding hydrogens is 472 g/mol. The first-order valence-corrected chi connectivity index (χ1v) is 13.1. The monoisotopic (exact) mass is 512 g/mol. The van der Waals surface area contributed by atoms with Gasteiger partial charge in [0.25, 0.3) is 0 Å². The van der Waals surface area contributed by atoms with Crippen LogP contribution < -0.4 is 5.32 Å². The Kier molecular flexibility index (Phi) is 9.45. The number of hydrogen-bond donors (Lipinski definition) is 3. The van der Waals surface area contributed by atoms with Crippen LogP contribution in [0.2, 0.25) is 0 Å². The maximum Gasteiger partial charge on any atom is 0.243 e. The average molecular weight is 513 g/mol. The third-order valence-electron chi connectivity index (χ3n) is 6.99. The summed E-state index contributed by atoms with van der Waals surface area (Å²) < 4.78 is 3.60. The summed E-state index contributed by atoms with van der Waals surface area (Å²) in [5, 5.41) is 32.1. The second kappa shape index (κ2) is 12.3. The number of likely N-dealkylation sites (tertiary alicyclic amines) is 1. The van der Waals surface area contributed by atoms with Gasteiger partial charge >= 0.3 is 0 Å². The lowest BCUT2D eigenvalue weighted by atomic mass is 9.96. The van der Waals surface area contributed by atoms with Gasteiger partial charge in [-0.3, -0.25) is 14.3 Å². The van der Waals surface area contributed by atoms with Crippen LogP contribution >= 0.6 is 0 Å². The fourth-order valence-electron chi connectivity index (χ4n) is 4.67. The summed E-state index contributed by atoms with van der Waals surface area (Å²) in [6, 6.07) is 6.04. The van der Waals surface area contributed by atoms with Gasteiger partial charge in [0.15, 0.2) is 0 Å². The van der Waals surface area contributed by atoms with Crippen LogP contribution in [0.4, 0.5) is 0 Å². The van der Waals surface area contributed by atoms with Crippen LogP contribution in [0.5, 0.6) is 0 Å². The van der Waals surface area contributed by atoms with Crippen molar-refractivity contribution in [1.82, 2.24) is 29.6 Å². The number of aromatic nitrogens is 4. The molecule has 1 saturated heterocycles. The van der Waals surface area contributed by atoms with E-state index in [-0.39, 0.29) is 37.3 Å². The van der Waals surface area contributed by atoms with Crippen molar-refractivity contribution >= 4 is 17.3 Å². The van der Waals surface area contributed by atoms with E-state index in [0.29, 0.717) is 5.69 Å². The van der Waals surface area contributed by atoms with Gasteiger partial charge in [0.1, 0.15) is 6.04 Å². The van der Waals surface area contributed by atoms with Crippen LogP contribution in [-0.2, 0) is 16.1 Å². The molecule has 10 heteroatoms. The molecule has 1 fully saturated rings. The largest absolute Gasteiger partial charge is 0.394 e. The molecule has 4 heterocycles. The molecule has 0 aliphatic carbocycles. The quantitative estimate of drug-likeness (QED) is 0.426. The van der Waals surface area contributed by atoms with Crippen molar-refractivity contribution in [2.24, 2.45) is 11.8 Å². The van der Waals surface area contributed by atoms with Crippen LogP contribution in [0.25, 0.3) is 16.8 Å². The highest BCUT2D eigenvalue weighted by Gasteiger charge is 2.41. The second-order valence-corrected chi connectivity index (χ2v) is 9.50. The number of rotatable bonds is 8. The van der Waals surface area contributed by atoms with Gasteiger partial charge in [-0.25, -0.2) is 4.52 Å². The molecule has 4 unspecified atom stereocenters. The number of nitrogens with zero attached hydrogens (tertiary/aromatic N) is 5. The van der Waals surface area contributed by atoms with Crippen molar-refractivity contribution < 1.29 is 19.8 Å². The highest BCUT2D eigenvalue weighted by atomic mass is 16.3. The molecule has 2 amide bonds. The third-order valence-corrected chi connectivity index (χ3v) is 6.99. The summed E-state index contributed by atoms with van der Waals surface area (Å²) in [7, 11) is 0. The Morgan fingerprint density at radius 1 is 1.11 bits per heavy atom. The lowest BCUT2D eigenvalue weighted by molar-refractivity contribution is -0.142. The fraction of sp³-hybridized carbons (Fsp3) is 0.556. The number of nitrogens with one attached hydrogen (secondary N) is 1. The van der Waals surface area contributed by atoms with Crippen molar-refractivity contribution in [1.29, 1.82) is 0 Å². The van der Waals surface area contributed by atoms with Gasteiger partial charge < -0.3 is 20.4 Å². The van der Waals surface area contributed by atoms with Gasteiger partial charge in [-0.2, -0.15) is 10.2 Å². The van der Waals surface area contributed by atoms with Crippen molar-refractivity contribution in [3.05, 3.63) is 42.4 Å². The van der Waals surface area contributed by atoms with Crippen LogP contribution in [0.1, 0.15) is 59.7 Å². The van der Waals surface area contributed by atoms with Crippen LogP contribution in [-0.4, -0.2) is 71.6 Å². The summed E-state index contributed by atoms with van der Waals surface area (Å²) in [5.41, 5.74) is 3.32. The average Bonchev–Trinajstić information content (AvgIpc) is 3.66. The molecule has 1 aliphatic heterocycles. The number of aliphatic hydroxyl groups is 2. The smallest absolute Gasteiger partial charge is 0.243 e. The molecule has 1 aliphatic rings. The number of aryl methyl sites for hydroxylation is 1. The van der Waals surface area contributed by atoms with E-state index >= 15 is 0 Å². The van der Waals surface area contributed by atoms with Crippen LogP contribution in [0.15, 0.2) is 36.7 Å². The molecule has 0 radical (unpaired) electrons. The molecule has 37 heavy (non-hydrogen) atoms. The van der Waals surface area contributed by atoms with Gasteiger partial charge in [-0.05, 0) is 37.1 Å². The highest BCUT2D eigenvalue weighted by molar-refractivity contribution is 5.89. The van der Waals surface area contributed by atoms with Crippen molar-refractivity contribution in [2.75, 3.05) is 13.2 Å². The lowest BCUT2D eigenvalue weighted by Gasteiger charge is -2.29. The molecule has 0 spiro atoms. The van der Waals surface area contributed by atoms with E-state index in [0.717, 1.165) is 23.3 Å². The van der Waals surface area contributed by atoms with Crippen LogP contribution in [0.3, 0.4) is 0 Å². The normalized spacial score (nSPS) is 19.0. The van der Waals surface area contributed by atoms with Gasteiger partial charge in [0.05, 0.1) is 41.9 Å². The standard InChI is InChI=1S/C25H34N6O4.C2H6/c1-5-30-20(8-10-26-30)18-6-7-22(31-21(18)9-11-27-31)19(14-32)28-24(34)23-12-17(33)13-29(23)25(35)16(4)15(2)3;1-2/h6-11,15-17,19,23,32-33H,5,12-14H2,1-4H3,(H,28,34);1-2H3. The van der Waals surface area contributed by atoms with Gasteiger partial charge in [0, 0.05) is 37.2 Å². The summed E-state index contributed by atoms with van der Waals surface area (Å²) in [5.74, 6) is -0.705. The van der Waals surface area contributed by atoms with E-state index in [2.05, 4.69) is 15.5 Å². The molecule has 0 saturated carbocycles. The van der Waals surface area contributed by atoms with Crippen molar-refractivity contribution in [3.63, 3.8) is 0 Å². The lowest BCUT2D eigenvalue weighted by Crippen LogP contribution is -2.49. The first kappa shape index (κ1) is 28.3. The molecule has 3 aromatic heterocycles. The summed E-state index contributed by atoms with van der Waals surface area (Å²) in [6.07, 6.45) is 2.82. The van der Waals surface area contributed by atoms with E-state index in [1.165, 1.54) is 4.90 Å². The maximum atomic E-state index is 13.3. The Morgan fingerprint density at radius 3 is 2.46 bits per heavy atom. The number of aliphatic hydroxyl groups excluding tert-OH is 2. The number of pyridine rings is 1. The Bertz CT molecular complexity index is 1200. The van der Waals surface area contributed by atoms with E-state index < -0.39 is 24.1 Å². The molecular formula is C27H40N6O4. The molecule has 3 N–H and O–H groups in total. The minimum atomic E-state index is -0.793. The fourth-order valence-corrected chi connectivity index (χ4v) is 4.67. The van der Waals surface area contributed by atoms with Gasteiger partial charge in [0.2, 0.25) is 11.8 Å². The van der Waals surface area contributed by atoms with Crippen molar-refractivity contribution in [3.8, 4) is 11.3 Å². The van der Waals surface area contributed by atoms with Crippen LogP contribution in [0, 0.1) is 11.8 Å². The predicted molar refractivity (Wildman–Crippen MR) is 142 cm³/mol. The van der Waals surface area contributed by atoms with E-state index in [1.807, 2.05) is 70.5 Å². The van der Waals surface area contributed by atoms with E-state index in [1.54, 1.807) is 16.9 Å². The molecule has 0 bridgehead atoms.